The number of carboxylic acids is 1. The Morgan fingerprint density at radius 2 is 1.92 bits per heavy atom. The van der Waals surface area contributed by atoms with E-state index in [9.17, 15) is 9.90 Å². The van der Waals surface area contributed by atoms with E-state index in [1.54, 1.807) is 11.3 Å². The minimum atomic E-state index is -0.632. The molecule has 1 aliphatic carbocycles. The molecule has 4 heterocycles. The SMILES string of the molecule is Cc1cccc(C2CN(C(CC3CCC3)C(=O)O)CC2CN2CCC(c3cnc4sc(C)c(C)n34)CC2)c1. The standard InChI is InChI=1S/C31H42N4O2S/c1-20-6-4-9-25(14-20)27-19-34(28(30(36)37)15-23-7-5-8-23)18-26(27)17-33-12-10-24(11-13-33)29-16-32-31-35(29)21(2)22(3)38-31/h4,6,9,14,16,23-24,26-28H,5,7-8,10-13,15,17-19H2,1-3H3,(H,36,37). The lowest BCUT2D eigenvalue weighted by atomic mass is 9.80. The number of nitrogens with zero attached hydrogens (tertiary/aromatic N) is 4. The lowest BCUT2D eigenvalue weighted by Gasteiger charge is -2.35. The van der Waals surface area contributed by atoms with E-state index in [-0.39, 0.29) is 6.04 Å². The van der Waals surface area contributed by atoms with Crippen molar-refractivity contribution in [2.75, 3.05) is 32.7 Å². The highest BCUT2D eigenvalue weighted by Gasteiger charge is 2.41. The molecule has 3 aliphatic rings. The third-order valence-corrected chi connectivity index (χ3v) is 10.9. The Labute approximate surface area is 230 Å². The summed E-state index contributed by atoms with van der Waals surface area (Å²) in [7, 11) is 0. The Bertz CT molecular complexity index is 1290. The van der Waals surface area contributed by atoms with Gasteiger partial charge in [0.25, 0.3) is 0 Å². The second-order valence-electron chi connectivity index (χ2n) is 12.2. The Kier molecular flexibility index (Phi) is 7.36. The molecule has 38 heavy (non-hydrogen) atoms. The second kappa shape index (κ2) is 10.7. The van der Waals surface area contributed by atoms with Crippen molar-refractivity contribution >= 4 is 22.3 Å². The number of hydrogen-bond acceptors (Lipinski definition) is 5. The van der Waals surface area contributed by atoms with E-state index in [2.05, 4.69) is 65.4 Å². The minimum Gasteiger partial charge on any atom is -0.480 e. The molecule has 0 radical (unpaired) electrons. The third kappa shape index (κ3) is 5.05. The number of aryl methyl sites for hydroxylation is 3. The van der Waals surface area contributed by atoms with Gasteiger partial charge in [-0.1, -0.05) is 49.1 Å². The van der Waals surface area contributed by atoms with E-state index in [4.69, 9.17) is 4.98 Å². The zero-order valence-corrected chi connectivity index (χ0v) is 23.9. The maximum Gasteiger partial charge on any atom is 0.320 e. The van der Waals surface area contributed by atoms with Gasteiger partial charge in [-0.15, -0.1) is 11.3 Å². The Balaban J connectivity index is 1.16. The molecule has 0 amide bonds. The van der Waals surface area contributed by atoms with Gasteiger partial charge in [-0.2, -0.15) is 0 Å². The number of likely N-dealkylation sites (tertiary alicyclic amines) is 2. The molecule has 3 aromatic rings. The first-order valence-electron chi connectivity index (χ1n) is 14.6. The third-order valence-electron chi connectivity index (χ3n) is 9.79. The fourth-order valence-electron chi connectivity index (χ4n) is 7.23. The molecule has 0 bridgehead atoms. The van der Waals surface area contributed by atoms with Gasteiger partial charge in [-0.25, -0.2) is 4.98 Å². The van der Waals surface area contributed by atoms with E-state index in [0.717, 1.165) is 56.9 Å². The van der Waals surface area contributed by atoms with Gasteiger partial charge in [-0.05, 0) is 70.5 Å². The molecular formula is C31H42N4O2S. The van der Waals surface area contributed by atoms with E-state index < -0.39 is 5.97 Å². The van der Waals surface area contributed by atoms with Crippen LogP contribution in [0.2, 0.25) is 0 Å². The van der Waals surface area contributed by atoms with Crippen LogP contribution < -0.4 is 0 Å². The maximum absolute atomic E-state index is 12.4. The van der Waals surface area contributed by atoms with Gasteiger partial charge >= 0.3 is 5.97 Å². The number of aromatic nitrogens is 2. The summed E-state index contributed by atoms with van der Waals surface area (Å²) in [5.41, 5.74) is 5.38. The first kappa shape index (κ1) is 26.0. The summed E-state index contributed by atoms with van der Waals surface area (Å²) in [6.45, 7) is 11.6. The Morgan fingerprint density at radius 1 is 1.13 bits per heavy atom. The highest BCUT2D eigenvalue weighted by atomic mass is 32.1. The van der Waals surface area contributed by atoms with Crippen LogP contribution in [-0.2, 0) is 4.79 Å². The van der Waals surface area contributed by atoms with Crippen LogP contribution in [-0.4, -0.2) is 69.0 Å². The highest BCUT2D eigenvalue weighted by molar-refractivity contribution is 7.17. The van der Waals surface area contributed by atoms with Crippen molar-refractivity contribution < 1.29 is 9.90 Å². The fraction of sp³-hybridized carbons (Fsp3) is 0.613. The van der Waals surface area contributed by atoms with Gasteiger partial charge in [0.1, 0.15) is 6.04 Å². The van der Waals surface area contributed by atoms with Crippen LogP contribution in [0.5, 0.6) is 0 Å². The van der Waals surface area contributed by atoms with E-state index in [1.807, 2.05) is 0 Å². The summed E-state index contributed by atoms with van der Waals surface area (Å²) < 4.78 is 2.39. The van der Waals surface area contributed by atoms with Crippen LogP contribution in [0.3, 0.4) is 0 Å². The van der Waals surface area contributed by atoms with Crippen LogP contribution in [0.25, 0.3) is 4.96 Å². The molecule has 2 saturated heterocycles. The van der Waals surface area contributed by atoms with Crippen molar-refractivity contribution in [2.24, 2.45) is 11.8 Å². The molecule has 7 heteroatoms. The van der Waals surface area contributed by atoms with E-state index >= 15 is 0 Å². The topological polar surface area (TPSA) is 61.1 Å². The Morgan fingerprint density at radius 3 is 2.61 bits per heavy atom. The molecular weight excluding hydrogens is 492 g/mol. The van der Waals surface area contributed by atoms with Gasteiger partial charge in [0.15, 0.2) is 4.96 Å². The van der Waals surface area contributed by atoms with Gasteiger partial charge < -0.3 is 10.0 Å². The summed E-state index contributed by atoms with van der Waals surface area (Å²) in [5.74, 6) is 1.37. The average molecular weight is 535 g/mol. The number of hydrogen-bond donors (Lipinski definition) is 1. The van der Waals surface area contributed by atoms with Crippen LogP contribution >= 0.6 is 11.3 Å². The summed E-state index contributed by atoms with van der Waals surface area (Å²) >= 11 is 1.79. The minimum absolute atomic E-state index is 0.343. The average Bonchev–Trinajstić information content (AvgIpc) is 3.54. The Hall–Kier alpha value is -2.22. The quantitative estimate of drug-likeness (QED) is 0.392. The maximum atomic E-state index is 12.4. The number of rotatable bonds is 8. The summed E-state index contributed by atoms with van der Waals surface area (Å²) in [6, 6.07) is 8.57. The molecule has 6 rings (SSSR count). The summed E-state index contributed by atoms with van der Waals surface area (Å²) in [6.07, 6.45) is 8.90. The molecule has 204 valence electrons. The molecule has 2 aromatic heterocycles. The molecule has 1 aromatic carbocycles. The van der Waals surface area contributed by atoms with Crippen molar-refractivity contribution in [3.63, 3.8) is 0 Å². The predicted molar refractivity (Wildman–Crippen MR) is 153 cm³/mol. The lowest BCUT2D eigenvalue weighted by molar-refractivity contribution is -0.144. The number of imidazole rings is 1. The van der Waals surface area contributed by atoms with Crippen molar-refractivity contribution in [1.29, 1.82) is 0 Å². The van der Waals surface area contributed by atoms with Crippen molar-refractivity contribution in [3.8, 4) is 0 Å². The number of aliphatic carboxylic acids is 1. The van der Waals surface area contributed by atoms with E-state index in [1.165, 1.54) is 46.7 Å². The molecule has 0 spiro atoms. The first-order chi connectivity index (χ1) is 18.4. The molecule has 2 aliphatic heterocycles. The number of fused-ring (bicyclic) bond motifs is 1. The van der Waals surface area contributed by atoms with Gasteiger partial charge in [0, 0.05) is 47.7 Å². The van der Waals surface area contributed by atoms with Crippen molar-refractivity contribution in [1.82, 2.24) is 19.2 Å². The highest BCUT2D eigenvalue weighted by Crippen LogP contribution is 2.39. The molecule has 3 unspecified atom stereocenters. The van der Waals surface area contributed by atoms with E-state index in [0.29, 0.717) is 23.7 Å². The number of benzene rings is 1. The summed E-state index contributed by atoms with van der Waals surface area (Å²) in [4.78, 5) is 24.5. The van der Waals surface area contributed by atoms with Crippen LogP contribution in [0, 0.1) is 32.6 Å². The molecule has 3 fully saturated rings. The van der Waals surface area contributed by atoms with Crippen molar-refractivity contribution in [2.45, 2.75) is 77.2 Å². The lowest BCUT2D eigenvalue weighted by Crippen LogP contribution is -2.43. The molecule has 1 saturated carbocycles. The van der Waals surface area contributed by atoms with Crippen LogP contribution in [0.4, 0.5) is 0 Å². The predicted octanol–water partition coefficient (Wildman–Crippen LogP) is 5.86. The second-order valence-corrected chi connectivity index (χ2v) is 13.4. The molecule has 3 atom stereocenters. The summed E-state index contributed by atoms with van der Waals surface area (Å²) in [5, 5.41) is 10.2. The first-order valence-corrected chi connectivity index (χ1v) is 15.4. The van der Waals surface area contributed by atoms with Gasteiger partial charge in [-0.3, -0.25) is 14.1 Å². The number of piperidine rings is 1. The zero-order valence-electron chi connectivity index (χ0n) is 23.1. The monoisotopic (exact) mass is 534 g/mol. The van der Waals surface area contributed by atoms with Crippen LogP contribution in [0.15, 0.2) is 30.5 Å². The largest absolute Gasteiger partial charge is 0.480 e. The van der Waals surface area contributed by atoms with Crippen molar-refractivity contribution in [3.05, 3.63) is 57.9 Å². The fourth-order valence-corrected chi connectivity index (χ4v) is 8.18. The van der Waals surface area contributed by atoms with Gasteiger partial charge in [0.05, 0.1) is 6.20 Å². The van der Waals surface area contributed by atoms with Gasteiger partial charge in [0.2, 0.25) is 0 Å². The van der Waals surface area contributed by atoms with Crippen LogP contribution in [0.1, 0.15) is 77.8 Å². The number of carbonyl (C=O) groups is 1. The molecule has 6 nitrogen and oxygen atoms in total. The smallest absolute Gasteiger partial charge is 0.320 e. The zero-order chi connectivity index (χ0) is 26.4. The normalized spacial score (nSPS) is 24.7. The molecule has 1 N–H and O–H groups in total. The number of thiazole rings is 1. The number of carboxylic acid groups (broad SMARTS) is 1.